The Morgan fingerprint density at radius 1 is 1.22 bits per heavy atom. The lowest BCUT2D eigenvalue weighted by molar-refractivity contribution is -0.135. The number of nitrogens with zero attached hydrogens (tertiary/aromatic N) is 1. The van der Waals surface area contributed by atoms with Crippen LogP contribution in [0.1, 0.15) is 6.92 Å². The van der Waals surface area contributed by atoms with E-state index >= 15 is 0 Å². The second-order valence-electron chi connectivity index (χ2n) is 3.62. The zero-order valence-electron chi connectivity index (χ0n) is 9.61. The van der Waals surface area contributed by atoms with Gasteiger partial charge < -0.3 is 5.73 Å². The average molecular weight is 282 g/mol. The lowest BCUT2D eigenvalue weighted by Gasteiger charge is -2.21. The lowest BCUT2D eigenvalue weighted by atomic mass is 10.3. The molecule has 1 rings (SSSR count). The highest BCUT2D eigenvalue weighted by Gasteiger charge is 2.36. The van der Waals surface area contributed by atoms with Crippen LogP contribution in [0.4, 0.5) is 18.9 Å². The zero-order valence-corrected chi connectivity index (χ0v) is 10.4. The standard InChI is InChI=1S/C10H13F3N2O2S/c1-2-15(7-10(11,12)13)18(16,17)9-5-3-8(14)4-6-9/h3-6H,2,7,14H2,1H3. The van der Waals surface area contributed by atoms with Gasteiger partial charge in [0.15, 0.2) is 0 Å². The van der Waals surface area contributed by atoms with Gasteiger partial charge in [-0.25, -0.2) is 8.42 Å². The quantitative estimate of drug-likeness (QED) is 0.857. The monoisotopic (exact) mass is 282 g/mol. The van der Waals surface area contributed by atoms with Crippen molar-refractivity contribution >= 4 is 15.7 Å². The molecular weight excluding hydrogens is 269 g/mol. The molecule has 0 heterocycles. The van der Waals surface area contributed by atoms with E-state index in [0.29, 0.717) is 9.99 Å². The van der Waals surface area contributed by atoms with E-state index in [0.717, 1.165) is 0 Å². The fourth-order valence-corrected chi connectivity index (χ4v) is 2.79. The van der Waals surface area contributed by atoms with Crippen molar-refractivity contribution in [2.24, 2.45) is 0 Å². The number of benzene rings is 1. The topological polar surface area (TPSA) is 63.4 Å². The Morgan fingerprint density at radius 2 is 1.72 bits per heavy atom. The van der Waals surface area contributed by atoms with Gasteiger partial charge in [-0.05, 0) is 24.3 Å². The molecule has 2 N–H and O–H groups in total. The van der Waals surface area contributed by atoms with Crippen LogP contribution in [-0.2, 0) is 10.0 Å². The van der Waals surface area contributed by atoms with E-state index in [1.165, 1.54) is 31.2 Å². The first-order valence-electron chi connectivity index (χ1n) is 5.09. The Balaban J connectivity index is 3.07. The first kappa shape index (κ1) is 14.8. The Kier molecular flexibility index (Phi) is 4.23. The molecule has 0 aliphatic carbocycles. The van der Waals surface area contributed by atoms with Crippen LogP contribution in [0.25, 0.3) is 0 Å². The SMILES string of the molecule is CCN(CC(F)(F)F)S(=O)(=O)c1ccc(N)cc1. The van der Waals surface area contributed by atoms with Crippen LogP contribution in [0, 0.1) is 0 Å². The smallest absolute Gasteiger partial charge is 0.399 e. The predicted octanol–water partition coefficient (Wildman–Crippen LogP) is 1.84. The van der Waals surface area contributed by atoms with E-state index in [2.05, 4.69) is 0 Å². The lowest BCUT2D eigenvalue weighted by Crippen LogP contribution is -2.38. The summed E-state index contributed by atoms with van der Waals surface area (Å²) in [4.78, 5) is -0.206. The van der Waals surface area contributed by atoms with E-state index in [4.69, 9.17) is 5.73 Å². The molecule has 0 bridgehead atoms. The minimum absolute atomic E-state index is 0.206. The highest BCUT2D eigenvalue weighted by molar-refractivity contribution is 7.89. The fourth-order valence-electron chi connectivity index (χ4n) is 1.36. The molecule has 0 aliphatic rings. The molecule has 0 atom stereocenters. The van der Waals surface area contributed by atoms with Crippen LogP contribution in [0.15, 0.2) is 29.2 Å². The van der Waals surface area contributed by atoms with Gasteiger partial charge in [-0.15, -0.1) is 0 Å². The van der Waals surface area contributed by atoms with Crippen LogP contribution in [0.5, 0.6) is 0 Å². The predicted molar refractivity (Wildman–Crippen MR) is 61.3 cm³/mol. The molecule has 4 nitrogen and oxygen atoms in total. The van der Waals surface area contributed by atoms with Crippen molar-refractivity contribution in [2.75, 3.05) is 18.8 Å². The summed E-state index contributed by atoms with van der Waals surface area (Å²) in [6.07, 6.45) is -4.57. The molecule has 0 saturated carbocycles. The minimum Gasteiger partial charge on any atom is -0.399 e. The van der Waals surface area contributed by atoms with Crippen LogP contribution in [-0.4, -0.2) is 32.0 Å². The fraction of sp³-hybridized carbons (Fsp3) is 0.400. The summed E-state index contributed by atoms with van der Waals surface area (Å²) in [5.41, 5.74) is 5.73. The third-order valence-electron chi connectivity index (χ3n) is 2.23. The minimum atomic E-state index is -4.57. The van der Waals surface area contributed by atoms with Crippen LogP contribution in [0.2, 0.25) is 0 Å². The summed E-state index contributed by atoms with van der Waals surface area (Å²) < 4.78 is 61.1. The van der Waals surface area contributed by atoms with Crippen molar-refractivity contribution in [1.82, 2.24) is 4.31 Å². The second-order valence-corrected chi connectivity index (χ2v) is 5.55. The Labute approximate surface area is 103 Å². The molecule has 0 saturated heterocycles. The van der Waals surface area contributed by atoms with Crippen molar-refractivity contribution in [3.05, 3.63) is 24.3 Å². The van der Waals surface area contributed by atoms with Gasteiger partial charge in [0.1, 0.15) is 6.54 Å². The van der Waals surface area contributed by atoms with Gasteiger partial charge in [-0.1, -0.05) is 6.92 Å². The van der Waals surface area contributed by atoms with E-state index in [9.17, 15) is 21.6 Å². The number of hydrogen-bond donors (Lipinski definition) is 1. The number of anilines is 1. The molecule has 8 heteroatoms. The summed E-state index contributed by atoms with van der Waals surface area (Å²) in [5, 5.41) is 0. The van der Waals surface area contributed by atoms with Crippen molar-refractivity contribution < 1.29 is 21.6 Å². The largest absolute Gasteiger partial charge is 0.402 e. The summed E-state index contributed by atoms with van der Waals surface area (Å²) in [7, 11) is -4.14. The van der Waals surface area contributed by atoms with E-state index < -0.39 is 22.7 Å². The molecule has 1 aromatic rings. The van der Waals surface area contributed by atoms with Gasteiger partial charge >= 0.3 is 6.18 Å². The van der Waals surface area contributed by atoms with Crippen molar-refractivity contribution in [2.45, 2.75) is 18.0 Å². The maximum atomic E-state index is 12.3. The van der Waals surface area contributed by atoms with Crippen molar-refractivity contribution in [1.29, 1.82) is 0 Å². The van der Waals surface area contributed by atoms with Crippen LogP contribution in [0.3, 0.4) is 0 Å². The normalized spacial score (nSPS) is 12.9. The third kappa shape index (κ3) is 3.61. The molecular formula is C10H13F3N2O2S. The van der Waals surface area contributed by atoms with Gasteiger partial charge in [-0.2, -0.15) is 17.5 Å². The van der Waals surface area contributed by atoms with E-state index in [1.54, 1.807) is 0 Å². The summed E-state index contributed by atoms with van der Waals surface area (Å²) in [6, 6.07) is 5.02. The van der Waals surface area contributed by atoms with Crippen LogP contribution >= 0.6 is 0 Å². The van der Waals surface area contributed by atoms with Crippen molar-refractivity contribution in [3.8, 4) is 0 Å². The van der Waals surface area contributed by atoms with Gasteiger partial charge in [-0.3, -0.25) is 0 Å². The van der Waals surface area contributed by atoms with Gasteiger partial charge in [0.05, 0.1) is 4.90 Å². The van der Waals surface area contributed by atoms with E-state index in [1.807, 2.05) is 0 Å². The Morgan fingerprint density at radius 3 is 2.11 bits per heavy atom. The maximum Gasteiger partial charge on any atom is 0.402 e. The molecule has 0 amide bonds. The molecule has 0 aromatic heterocycles. The maximum absolute atomic E-state index is 12.3. The summed E-state index contributed by atoms with van der Waals surface area (Å²) in [5.74, 6) is 0. The molecule has 0 radical (unpaired) electrons. The Bertz CT molecular complexity index is 497. The number of sulfonamides is 1. The molecule has 0 fully saturated rings. The first-order valence-corrected chi connectivity index (χ1v) is 6.53. The third-order valence-corrected chi connectivity index (χ3v) is 4.16. The second kappa shape index (κ2) is 5.15. The highest BCUT2D eigenvalue weighted by atomic mass is 32.2. The molecule has 1 aromatic carbocycles. The number of hydrogen-bond acceptors (Lipinski definition) is 3. The number of nitrogens with two attached hydrogens (primary N) is 1. The zero-order chi connectivity index (χ0) is 14.0. The first-order chi connectivity index (χ1) is 8.16. The van der Waals surface area contributed by atoms with Gasteiger partial charge in [0.2, 0.25) is 10.0 Å². The molecule has 0 spiro atoms. The van der Waals surface area contributed by atoms with E-state index in [-0.39, 0.29) is 11.4 Å². The van der Waals surface area contributed by atoms with Crippen LogP contribution < -0.4 is 5.73 Å². The molecule has 0 unspecified atom stereocenters. The number of nitrogen functional groups attached to an aromatic ring is 1. The van der Waals surface area contributed by atoms with Gasteiger partial charge in [0.25, 0.3) is 0 Å². The Hall–Kier alpha value is -1.28. The highest BCUT2D eigenvalue weighted by Crippen LogP contribution is 2.22. The molecule has 18 heavy (non-hydrogen) atoms. The number of halogens is 3. The van der Waals surface area contributed by atoms with Gasteiger partial charge in [0, 0.05) is 12.2 Å². The number of alkyl halides is 3. The summed E-state index contributed by atoms with van der Waals surface area (Å²) >= 11 is 0. The molecule has 102 valence electrons. The molecule has 0 aliphatic heterocycles. The average Bonchev–Trinajstić information content (AvgIpc) is 2.25. The van der Waals surface area contributed by atoms with Crippen molar-refractivity contribution in [3.63, 3.8) is 0 Å². The number of rotatable bonds is 4. The summed E-state index contributed by atoms with van der Waals surface area (Å²) in [6.45, 7) is -0.414.